The maximum Gasteiger partial charge on any atom is 0.186 e. The molecule has 1 saturated carbocycles. The van der Waals surface area contributed by atoms with Crippen molar-refractivity contribution in [3.8, 4) is 0 Å². The Morgan fingerprint density at radius 3 is 1.05 bits per heavy atom. The van der Waals surface area contributed by atoms with Crippen molar-refractivity contribution in [2.24, 2.45) is 28.7 Å². The highest BCUT2D eigenvalue weighted by atomic mass is 35.5. The van der Waals surface area contributed by atoms with Crippen molar-refractivity contribution in [2.45, 2.75) is 262 Å². The number of halogens is 1. The van der Waals surface area contributed by atoms with Gasteiger partial charge in [0.1, 0.15) is 36.6 Å². The number of nitrogens with two attached hydrogens (primary N) is 5. The van der Waals surface area contributed by atoms with Crippen LogP contribution in [0.5, 0.6) is 0 Å². The third kappa shape index (κ3) is 19.0. The van der Waals surface area contributed by atoms with E-state index in [2.05, 4.69) is 225 Å². The number of benzene rings is 5. The summed E-state index contributed by atoms with van der Waals surface area (Å²) in [4.78, 5) is 0. The molecule has 15 heteroatoms. The van der Waals surface area contributed by atoms with Gasteiger partial charge in [0.25, 0.3) is 0 Å². The van der Waals surface area contributed by atoms with E-state index in [-0.39, 0.29) is 78.6 Å². The van der Waals surface area contributed by atoms with E-state index in [0.29, 0.717) is 26.1 Å². The molecular formula is C73H108ClN5O9. The van der Waals surface area contributed by atoms with Crippen molar-refractivity contribution < 1.29 is 42.6 Å². The molecule has 88 heavy (non-hydrogen) atoms. The molecule has 10 N–H and O–H groups in total. The molecular weight excluding hydrogens is 1130 g/mol. The molecule has 8 rings (SSSR count). The van der Waals surface area contributed by atoms with Gasteiger partial charge in [-0.1, -0.05) is 225 Å². The molecule has 0 amide bonds. The van der Waals surface area contributed by atoms with E-state index in [1.807, 2.05) is 0 Å². The van der Waals surface area contributed by atoms with Crippen LogP contribution < -0.4 is 28.7 Å². The SMILES string of the molecule is CC(C)(C)c1ccc(COC[C@H]2O[C@H](O[C@@H]3[C@@H](OCc4ccc(C(C)(C)C)cc4)[C@H](O[C@H]4O[C@H](CN)[C@@H](OCc5ccc(C(C)(C)C)cc5)C[C@H]4N)[C@@H](N)C[C@H]3N)[C@H](OCc3ccc(C(C)(C)C)cc3)[C@@H](N)[C@@H]2OCc2ccc(C(C)(C)C)cc2)cc1.Cl. The highest BCUT2D eigenvalue weighted by Crippen LogP contribution is 2.37. The summed E-state index contributed by atoms with van der Waals surface area (Å²) in [5.74, 6) is 0. The largest absolute Gasteiger partial charge is 0.374 e. The summed E-state index contributed by atoms with van der Waals surface area (Å²) >= 11 is 0. The minimum atomic E-state index is -1.10. The number of hydrogen-bond donors (Lipinski definition) is 5. The van der Waals surface area contributed by atoms with E-state index in [0.717, 1.165) is 27.8 Å². The molecule has 2 aliphatic heterocycles. The van der Waals surface area contributed by atoms with Gasteiger partial charge in [0.15, 0.2) is 12.6 Å². The van der Waals surface area contributed by atoms with Crippen LogP contribution in [0.3, 0.4) is 0 Å². The predicted molar refractivity (Wildman–Crippen MR) is 354 cm³/mol. The summed E-state index contributed by atoms with van der Waals surface area (Å²) in [6, 6.07) is 39.9. The average Bonchev–Trinajstić information content (AvgIpc) is 1.17. The second-order valence-corrected chi connectivity index (χ2v) is 30.0. The Bertz CT molecular complexity index is 2890. The van der Waals surface area contributed by atoms with Crippen LogP contribution in [0.15, 0.2) is 121 Å². The molecule has 486 valence electrons. The minimum Gasteiger partial charge on any atom is -0.374 e. The zero-order chi connectivity index (χ0) is 63.2. The molecule has 3 aliphatic rings. The Hall–Kier alpha value is -4.17. The Labute approximate surface area is 533 Å². The highest BCUT2D eigenvalue weighted by molar-refractivity contribution is 5.85. The lowest BCUT2D eigenvalue weighted by atomic mass is 9.83. The van der Waals surface area contributed by atoms with E-state index in [1.165, 1.54) is 27.8 Å². The molecule has 0 aromatic heterocycles. The van der Waals surface area contributed by atoms with Crippen molar-refractivity contribution in [3.05, 3.63) is 177 Å². The first-order chi connectivity index (χ1) is 40.8. The van der Waals surface area contributed by atoms with Gasteiger partial charge in [0, 0.05) is 18.6 Å². The molecule has 5 aromatic rings. The molecule has 0 radical (unpaired) electrons. The van der Waals surface area contributed by atoms with Gasteiger partial charge in [-0.25, -0.2) is 0 Å². The molecule has 3 fully saturated rings. The van der Waals surface area contributed by atoms with E-state index in [1.54, 1.807) is 0 Å². The van der Waals surface area contributed by atoms with E-state index >= 15 is 0 Å². The maximum absolute atomic E-state index is 7.56. The molecule has 0 unspecified atom stereocenters. The summed E-state index contributed by atoms with van der Waals surface area (Å²) < 4.78 is 62.4. The van der Waals surface area contributed by atoms with Crippen molar-refractivity contribution in [1.29, 1.82) is 0 Å². The van der Waals surface area contributed by atoms with Crippen LogP contribution in [0, 0.1) is 0 Å². The Kier molecular flexibility index (Phi) is 24.3. The summed E-state index contributed by atoms with van der Waals surface area (Å²) in [5.41, 5.74) is 46.6. The lowest BCUT2D eigenvalue weighted by Gasteiger charge is -2.50. The molecule has 14 atom stereocenters. The van der Waals surface area contributed by atoms with Gasteiger partial charge in [-0.05, 0) is 95.6 Å². The zero-order valence-electron chi connectivity index (χ0n) is 55.5. The van der Waals surface area contributed by atoms with Gasteiger partial charge < -0.3 is 71.3 Å². The monoisotopic (exact) mass is 1230 g/mol. The molecule has 5 aromatic carbocycles. The number of rotatable bonds is 21. The summed E-state index contributed by atoms with van der Waals surface area (Å²) in [6.07, 6.45) is -7.01. The Balaban J connectivity index is 0.0000110. The second-order valence-electron chi connectivity index (χ2n) is 30.0. The smallest absolute Gasteiger partial charge is 0.186 e. The van der Waals surface area contributed by atoms with Crippen LogP contribution >= 0.6 is 12.4 Å². The summed E-state index contributed by atoms with van der Waals surface area (Å²) in [5, 5.41) is 0. The average molecular weight is 1240 g/mol. The zero-order valence-corrected chi connectivity index (χ0v) is 56.3. The van der Waals surface area contributed by atoms with Crippen molar-refractivity contribution in [3.63, 3.8) is 0 Å². The minimum absolute atomic E-state index is 0. The fraction of sp³-hybridized carbons (Fsp3) is 0.589. The summed E-state index contributed by atoms with van der Waals surface area (Å²) in [7, 11) is 0. The van der Waals surface area contributed by atoms with E-state index in [9.17, 15) is 0 Å². The summed E-state index contributed by atoms with van der Waals surface area (Å²) in [6.45, 7) is 34.7. The maximum atomic E-state index is 7.56. The molecule has 2 heterocycles. The van der Waals surface area contributed by atoms with E-state index in [4.69, 9.17) is 71.3 Å². The van der Waals surface area contributed by atoms with Crippen LogP contribution in [0.2, 0.25) is 0 Å². The second kappa shape index (κ2) is 30.1. The third-order valence-corrected chi connectivity index (χ3v) is 17.6. The van der Waals surface area contributed by atoms with Gasteiger partial charge >= 0.3 is 0 Å². The number of hydrogen-bond acceptors (Lipinski definition) is 14. The van der Waals surface area contributed by atoms with Crippen molar-refractivity contribution >= 4 is 12.4 Å². The fourth-order valence-corrected chi connectivity index (χ4v) is 11.7. The fourth-order valence-electron chi connectivity index (χ4n) is 11.7. The van der Waals surface area contributed by atoms with Crippen molar-refractivity contribution in [1.82, 2.24) is 0 Å². The lowest BCUT2D eigenvalue weighted by Crippen LogP contribution is -2.69. The normalized spacial score (nSPS) is 27.5. The van der Waals surface area contributed by atoms with Gasteiger partial charge in [0.05, 0.1) is 63.9 Å². The molecule has 0 spiro atoms. The molecule has 0 bridgehead atoms. The Morgan fingerprint density at radius 1 is 0.364 bits per heavy atom. The van der Waals surface area contributed by atoms with Crippen LogP contribution in [-0.4, -0.2) is 98.7 Å². The topological polar surface area (TPSA) is 213 Å². The Morgan fingerprint density at radius 2 is 0.682 bits per heavy atom. The predicted octanol–water partition coefficient (Wildman–Crippen LogP) is 11.7. The first-order valence-electron chi connectivity index (χ1n) is 31.7. The van der Waals surface area contributed by atoms with Gasteiger partial charge in [-0.15, -0.1) is 12.4 Å². The first kappa shape index (κ1) is 71.3. The molecule has 1 aliphatic carbocycles. The van der Waals surface area contributed by atoms with Gasteiger partial charge in [0.2, 0.25) is 0 Å². The molecule has 14 nitrogen and oxygen atoms in total. The number of ether oxygens (including phenoxy) is 9. The van der Waals surface area contributed by atoms with E-state index < -0.39 is 79.5 Å². The third-order valence-electron chi connectivity index (χ3n) is 17.6. The highest BCUT2D eigenvalue weighted by Gasteiger charge is 2.53. The standard InChI is InChI=1S/C73H107N5O9.ClH/c1-69(2,3)50-26-16-45(17-27-50)39-79-44-60-64(81-41-47-20-30-52(31-21-47)71(7,8)9)61(78)65(82-42-48-22-32-53(33-23-48)72(10,11)12)68(85-60)87-63-56(76)36-55(75)62(66(63)83-43-49-24-34-54(35-25-49)73(13,14)15)86-67-57(77)37-58(59(38-74)84-67)80-40-46-18-28-51(29-19-46)70(4,5)6;/h16-35,55-68H,36-44,74-78H2,1-15H3;1H/t55-,56+,57+,58-,59+,60+,61-,62+,63-,64+,65+,66-,67+,68+;/m0./s1. The van der Waals surface area contributed by atoms with Crippen LogP contribution in [-0.2, 0) is 103 Å². The quantitative estimate of drug-likeness (QED) is 0.0463. The first-order valence-corrected chi connectivity index (χ1v) is 31.7. The van der Waals surface area contributed by atoms with Crippen LogP contribution in [0.25, 0.3) is 0 Å². The van der Waals surface area contributed by atoms with Gasteiger partial charge in [-0.3, -0.25) is 0 Å². The lowest BCUT2D eigenvalue weighted by molar-refractivity contribution is -0.330. The van der Waals surface area contributed by atoms with Crippen LogP contribution in [0.1, 0.15) is 172 Å². The van der Waals surface area contributed by atoms with Crippen LogP contribution in [0.4, 0.5) is 0 Å². The van der Waals surface area contributed by atoms with Crippen molar-refractivity contribution in [2.75, 3.05) is 13.2 Å². The van der Waals surface area contributed by atoms with Gasteiger partial charge in [-0.2, -0.15) is 0 Å². The molecule has 2 saturated heterocycles.